The number of hydrogen-bond donors (Lipinski definition) is 0. The molecule has 2 aromatic rings. The number of hydrogen-bond acceptors (Lipinski definition) is 7. The lowest BCUT2D eigenvalue weighted by molar-refractivity contribution is -0.141. The lowest BCUT2D eigenvalue weighted by Gasteiger charge is -2.22. The summed E-state index contributed by atoms with van der Waals surface area (Å²) in [6.45, 7) is 4.60. The monoisotopic (exact) mass is 504 g/mol. The van der Waals surface area contributed by atoms with Gasteiger partial charge < -0.3 is 8.92 Å². The molecule has 1 heterocycles. The highest BCUT2D eigenvalue weighted by Gasteiger charge is 2.49. The second kappa shape index (κ2) is 7.87. The molecule has 3 rings (SSSR count). The van der Waals surface area contributed by atoms with Crippen LogP contribution in [0.4, 0.5) is 13.2 Å². The maximum absolute atomic E-state index is 12.7. The SMILES string of the molecule is Cc1cc(C2=C(c3ccc(S(C)(=O)=O)cc3)C(C)(C)OC2=O)ccc1OS(=O)(=O)C(F)(F)F. The molecule has 178 valence electrons. The molecule has 1 aliphatic rings. The minimum absolute atomic E-state index is 0.0390. The van der Waals surface area contributed by atoms with Crippen LogP contribution in [0.25, 0.3) is 11.1 Å². The van der Waals surface area contributed by atoms with Crippen LogP contribution in [0.3, 0.4) is 0 Å². The number of carbonyl (C=O) groups excluding carboxylic acids is 1. The third-order valence-corrected chi connectivity index (χ3v) is 7.02. The second-order valence-corrected chi connectivity index (χ2v) is 11.5. The van der Waals surface area contributed by atoms with E-state index in [1.54, 1.807) is 13.8 Å². The Hall–Kier alpha value is -2.86. The fourth-order valence-corrected chi connectivity index (χ4v) is 4.57. The Kier molecular flexibility index (Phi) is 5.91. The third-order valence-electron chi connectivity index (χ3n) is 4.92. The van der Waals surface area contributed by atoms with Crippen molar-refractivity contribution in [3.8, 4) is 5.75 Å². The smallest absolute Gasteiger partial charge is 0.451 e. The van der Waals surface area contributed by atoms with E-state index in [2.05, 4.69) is 4.18 Å². The summed E-state index contributed by atoms with van der Waals surface area (Å²) in [5.74, 6) is -1.24. The number of sulfone groups is 1. The molecular weight excluding hydrogens is 485 g/mol. The van der Waals surface area contributed by atoms with E-state index in [4.69, 9.17) is 4.74 Å². The highest BCUT2D eigenvalue weighted by atomic mass is 32.2. The van der Waals surface area contributed by atoms with Crippen molar-refractivity contribution in [1.29, 1.82) is 0 Å². The van der Waals surface area contributed by atoms with Gasteiger partial charge in [0, 0.05) is 11.8 Å². The fourth-order valence-electron chi connectivity index (χ4n) is 3.42. The van der Waals surface area contributed by atoms with Gasteiger partial charge in [0.15, 0.2) is 9.84 Å². The number of halogens is 3. The van der Waals surface area contributed by atoms with Gasteiger partial charge in [-0.25, -0.2) is 13.2 Å². The van der Waals surface area contributed by atoms with E-state index in [1.165, 1.54) is 43.3 Å². The minimum Gasteiger partial charge on any atom is -0.451 e. The molecule has 0 fully saturated rings. The summed E-state index contributed by atoms with van der Waals surface area (Å²) in [5, 5.41) is 0. The number of ether oxygens (including phenoxy) is 1. The van der Waals surface area contributed by atoms with Crippen LogP contribution < -0.4 is 4.18 Å². The van der Waals surface area contributed by atoms with Crippen LogP contribution in [0, 0.1) is 6.92 Å². The maximum atomic E-state index is 12.7. The molecule has 0 atom stereocenters. The van der Waals surface area contributed by atoms with E-state index in [9.17, 15) is 34.8 Å². The van der Waals surface area contributed by atoms with Crippen LogP contribution in [-0.2, 0) is 29.5 Å². The molecule has 0 bridgehead atoms. The minimum atomic E-state index is -5.86. The van der Waals surface area contributed by atoms with E-state index in [1.807, 2.05) is 0 Å². The number of alkyl halides is 3. The van der Waals surface area contributed by atoms with E-state index < -0.39 is 42.8 Å². The number of benzene rings is 2. The van der Waals surface area contributed by atoms with Gasteiger partial charge in [-0.3, -0.25) is 0 Å². The molecule has 0 aromatic heterocycles. The molecule has 0 saturated heterocycles. The van der Waals surface area contributed by atoms with Crippen molar-refractivity contribution in [2.24, 2.45) is 0 Å². The molecule has 0 unspecified atom stereocenters. The first-order valence-electron chi connectivity index (χ1n) is 9.34. The molecule has 0 aliphatic carbocycles. The van der Waals surface area contributed by atoms with Gasteiger partial charge in [-0.15, -0.1) is 0 Å². The van der Waals surface area contributed by atoms with Crippen molar-refractivity contribution in [3.63, 3.8) is 0 Å². The molecular formula is C21H19F3O7S2. The van der Waals surface area contributed by atoms with Gasteiger partial charge in [0.1, 0.15) is 11.4 Å². The van der Waals surface area contributed by atoms with Crippen molar-refractivity contribution in [2.45, 2.75) is 36.8 Å². The van der Waals surface area contributed by atoms with E-state index in [-0.39, 0.29) is 21.6 Å². The molecule has 0 saturated carbocycles. The van der Waals surface area contributed by atoms with Gasteiger partial charge in [-0.05, 0) is 61.7 Å². The Labute approximate surface area is 188 Å². The standard InChI is InChI=1S/C21H19F3O7S2/c1-12-11-14(7-10-16(12)31-33(28,29)21(22,23)24)17-18(20(2,3)30-19(17)25)13-5-8-15(9-6-13)32(4,26)27/h5-11H,1-4H3. The average Bonchev–Trinajstić information content (AvgIpc) is 2.90. The Morgan fingerprint density at radius 1 is 0.939 bits per heavy atom. The van der Waals surface area contributed by atoms with Crippen LogP contribution in [-0.4, -0.2) is 40.2 Å². The lowest BCUT2D eigenvalue weighted by atomic mass is 9.86. The van der Waals surface area contributed by atoms with Gasteiger partial charge in [-0.2, -0.15) is 21.6 Å². The molecule has 0 radical (unpaired) electrons. The van der Waals surface area contributed by atoms with Gasteiger partial charge in [0.05, 0.1) is 10.5 Å². The fraction of sp³-hybridized carbons (Fsp3) is 0.286. The Morgan fingerprint density at radius 3 is 1.97 bits per heavy atom. The number of cyclic esters (lactones) is 1. The first-order valence-corrected chi connectivity index (χ1v) is 12.6. The van der Waals surface area contributed by atoms with Crippen LogP contribution in [0.15, 0.2) is 47.4 Å². The topological polar surface area (TPSA) is 104 Å². The number of aryl methyl sites for hydroxylation is 1. The number of esters is 1. The Bertz CT molecular complexity index is 1370. The molecule has 12 heteroatoms. The van der Waals surface area contributed by atoms with Crippen molar-refractivity contribution in [3.05, 3.63) is 59.2 Å². The quantitative estimate of drug-likeness (QED) is 0.346. The van der Waals surface area contributed by atoms with E-state index in [0.29, 0.717) is 11.1 Å². The molecule has 33 heavy (non-hydrogen) atoms. The maximum Gasteiger partial charge on any atom is 0.534 e. The summed E-state index contributed by atoms with van der Waals surface area (Å²) in [6.07, 6.45) is 1.06. The Morgan fingerprint density at radius 2 is 1.48 bits per heavy atom. The number of carbonyl (C=O) groups is 1. The highest BCUT2D eigenvalue weighted by Crippen LogP contribution is 2.44. The van der Waals surface area contributed by atoms with Crippen molar-refractivity contribution in [2.75, 3.05) is 6.26 Å². The van der Waals surface area contributed by atoms with Gasteiger partial charge in [-0.1, -0.05) is 18.2 Å². The van der Waals surface area contributed by atoms with E-state index in [0.717, 1.165) is 12.3 Å². The average molecular weight is 505 g/mol. The van der Waals surface area contributed by atoms with Crippen molar-refractivity contribution >= 4 is 37.1 Å². The zero-order valence-corrected chi connectivity index (χ0v) is 19.5. The summed E-state index contributed by atoms with van der Waals surface area (Å²) in [5.41, 5.74) is -5.33. The third kappa shape index (κ3) is 4.76. The number of rotatable bonds is 5. The van der Waals surface area contributed by atoms with Gasteiger partial charge in [0.25, 0.3) is 0 Å². The molecule has 2 aromatic carbocycles. The second-order valence-electron chi connectivity index (χ2n) is 7.91. The Balaban J connectivity index is 2.12. The lowest BCUT2D eigenvalue weighted by Crippen LogP contribution is -2.28. The first-order chi connectivity index (χ1) is 14.9. The normalized spacial score (nSPS) is 16.6. The summed E-state index contributed by atoms with van der Waals surface area (Å²) in [6, 6.07) is 9.40. The predicted molar refractivity (Wildman–Crippen MR) is 113 cm³/mol. The summed E-state index contributed by atoms with van der Waals surface area (Å²) in [7, 11) is -9.30. The van der Waals surface area contributed by atoms with Crippen LogP contribution in [0.5, 0.6) is 5.75 Å². The van der Waals surface area contributed by atoms with Crippen LogP contribution in [0.1, 0.15) is 30.5 Å². The summed E-state index contributed by atoms with van der Waals surface area (Å²) < 4.78 is 93.7. The molecule has 0 amide bonds. The first kappa shape index (κ1) is 24.8. The summed E-state index contributed by atoms with van der Waals surface area (Å²) in [4.78, 5) is 12.8. The molecule has 0 spiro atoms. The highest BCUT2D eigenvalue weighted by molar-refractivity contribution is 7.90. The predicted octanol–water partition coefficient (Wildman–Crippen LogP) is 3.87. The van der Waals surface area contributed by atoms with Crippen LogP contribution in [0.2, 0.25) is 0 Å². The molecule has 0 N–H and O–H groups in total. The van der Waals surface area contributed by atoms with Crippen molar-refractivity contribution in [1.82, 2.24) is 0 Å². The van der Waals surface area contributed by atoms with E-state index >= 15 is 0 Å². The van der Waals surface area contributed by atoms with Crippen molar-refractivity contribution < 1.29 is 43.7 Å². The van der Waals surface area contributed by atoms with Gasteiger partial charge in [0.2, 0.25) is 0 Å². The zero-order valence-electron chi connectivity index (χ0n) is 17.8. The molecule has 7 nitrogen and oxygen atoms in total. The molecule has 1 aliphatic heterocycles. The zero-order chi connectivity index (χ0) is 25.0. The van der Waals surface area contributed by atoms with Crippen LogP contribution >= 0.6 is 0 Å². The van der Waals surface area contributed by atoms with Gasteiger partial charge >= 0.3 is 21.6 Å². The summed E-state index contributed by atoms with van der Waals surface area (Å²) >= 11 is 0. The largest absolute Gasteiger partial charge is 0.534 e.